The Labute approximate surface area is 203 Å². The number of hydrogen-bond donors (Lipinski definition) is 2. The molecule has 178 valence electrons. The quantitative estimate of drug-likeness (QED) is 0.498. The van der Waals surface area contributed by atoms with Gasteiger partial charge in [-0.05, 0) is 61.2 Å². The summed E-state index contributed by atoms with van der Waals surface area (Å²) in [7, 11) is 1.77. The standard InChI is InChI=1S/C25H28ClN5O3/c1-30(23(33)14-16-4-2-3-5-16)19-10-11-21-20(15-19)28-25(31(21)13-12-22(27)32)29-24(34)17-6-8-18(26)9-7-17/h6-11,15-16H,2-5,12-14H2,1H3,(H2,27,32)(H,28,29,34). The smallest absolute Gasteiger partial charge is 0.257 e. The normalized spacial score (nSPS) is 13.8. The summed E-state index contributed by atoms with van der Waals surface area (Å²) >= 11 is 5.92. The summed E-state index contributed by atoms with van der Waals surface area (Å²) in [5.74, 6) is 0.0346. The number of primary amides is 1. The summed E-state index contributed by atoms with van der Waals surface area (Å²) < 4.78 is 1.75. The number of rotatable bonds is 8. The van der Waals surface area contributed by atoms with E-state index >= 15 is 0 Å². The molecular weight excluding hydrogens is 454 g/mol. The number of imidazole rings is 1. The second-order valence-electron chi connectivity index (χ2n) is 8.74. The highest BCUT2D eigenvalue weighted by Gasteiger charge is 2.22. The molecule has 0 radical (unpaired) electrons. The van der Waals surface area contributed by atoms with Crippen LogP contribution in [0.2, 0.25) is 5.02 Å². The minimum absolute atomic E-state index is 0.0793. The fourth-order valence-electron chi connectivity index (χ4n) is 4.39. The van der Waals surface area contributed by atoms with Crippen molar-refractivity contribution in [2.75, 3.05) is 17.3 Å². The summed E-state index contributed by atoms with van der Waals surface area (Å²) in [6, 6.07) is 12.0. The Morgan fingerprint density at radius 1 is 1.15 bits per heavy atom. The van der Waals surface area contributed by atoms with E-state index in [2.05, 4.69) is 10.3 Å². The lowest BCUT2D eigenvalue weighted by Gasteiger charge is -2.19. The van der Waals surface area contributed by atoms with Gasteiger partial charge in [-0.25, -0.2) is 4.98 Å². The number of nitrogens with two attached hydrogens (primary N) is 1. The molecule has 0 saturated heterocycles. The predicted molar refractivity (Wildman–Crippen MR) is 133 cm³/mol. The molecule has 1 aliphatic carbocycles. The second kappa shape index (κ2) is 10.3. The fourth-order valence-corrected chi connectivity index (χ4v) is 4.51. The zero-order valence-electron chi connectivity index (χ0n) is 19.1. The van der Waals surface area contributed by atoms with Crippen molar-refractivity contribution in [1.82, 2.24) is 9.55 Å². The van der Waals surface area contributed by atoms with Gasteiger partial charge in [0.25, 0.3) is 5.91 Å². The lowest BCUT2D eigenvalue weighted by molar-refractivity contribution is -0.119. The molecular formula is C25H28ClN5O3. The number of carbonyl (C=O) groups excluding carboxylic acids is 3. The molecule has 3 aromatic rings. The first kappa shape index (κ1) is 23.8. The Kier molecular flexibility index (Phi) is 7.17. The topological polar surface area (TPSA) is 110 Å². The van der Waals surface area contributed by atoms with Crippen molar-refractivity contribution in [1.29, 1.82) is 0 Å². The van der Waals surface area contributed by atoms with Crippen molar-refractivity contribution in [2.24, 2.45) is 11.7 Å². The van der Waals surface area contributed by atoms with Crippen LogP contribution < -0.4 is 16.0 Å². The molecule has 9 heteroatoms. The molecule has 1 fully saturated rings. The van der Waals surface area contributed by atoms with Crippen LogP contribution in [0.25, 0.3) is 11.0 Å². The van der Waals surface area contributed by atoms with Gasteiger partial charge in [-0.1, -0.05) is 24.4 Å². The van der Waals surface area contributed by atoms with Crippen LogP contribution in [0.15, 0.2) is 42.5 Å². The lowest BCUT2D eigenvalue weighted by atomic mass is 10.0. The second-order valence-corrected chi connectivity index (χ2v) is 9.18. The lowest BCUT2D eigenvalue weighted by Crippen LogP contribution is -2.27. The molecule has 3 N–H and O–H groups in total. The number of hydrogen-bond acceptors (Lipinski definition) is 4. The Hall–Kier alpha value is -3.39. The maximum Gasteiger partial charge on any atom is 0.257 e. The molecule has 3 amide bonds. The SMILES string of the molecule is CN(C(=O)CC1CCCC1)c1ccc2c(c1)nc(NC(=O)c1ccc(Cl)cc1)n2CCC(N)=O. The van der Waals surface area contributed by atoms with Crippen LogP contribution in [0, 0.1) is 5.92 Å². The first-order valence-electron chi connectivity index (χ1n) is 11.4. The molecule has 0 unspecified atom stereocenters. The number of halogens is 1. The molecule has 1 heterocycles. The third-order valence-corrected chi connectivity index (χ3v) is 6.60. The predicted octanol–water partition coefficient (Wildman–Crippen LogP) is 4.36. The Morgan fingerprint density at radius 2 is 1.85 bits per heavy atom. The molecule has 1 saturated carbocycles. The van der Waals surface area contributed by atoms with Crippen molar-refractivity contribution in [3.63, 3.8) is 0 Å². The van der Waals surface area contributed by atoms with Crippen molar-refractivity contribution in [3.05, 3.63) is 53.1 Å². The average Bonchev–Trinajstić information content (AvgIpc) is 3.44. The van der Waals surface area contributed by atoms with E-state index in [4.69, 9.17) is 17.3 Å². The van der Waals surface area contributed by atoms with Crippen LogP contribution >= 0.6 is 11.6 Å². The molecule has 8 nitrogen and oxygen atoms in total. The van der Waals surface area contributed by atoms with Gasteiger partial charge in [-0.3, -0.25) is 19.7 Å². The van der Waals surface area contributed by atoms with Gasteiger partial charge >= 0.3 is 0 Å². The summed E-state index contributed by atoms with van der Waals surface area (Å²) in [5.41, 5.74) is 7.85. The number of carbonyl (C=O) groups is 3. The molecule has 0 spiro atoms. The molecule has 0 aliphatic heterocycles. The van der Waals surface area contributed by atoms with E-state index < -0.39 is 5.91 Å². The maximum atomic E-state index is 12.8. The Morgan fingerprint density at radius 3 is 2.53 bits per heavy atom. The van der Waals surface area contributed by atoms with Crippen molar-refractivity contribution in [3.8, 4) is 0 Å². The molecule has 0 bridgehead atoms. The van der Waals surface area contributed by atoms with Gasteiger partial charge in [0.1, 0.15) is 0 Å². The van der Waals surface area contributed by atoms with Crippen molar-refractivity contribution >= 4 is 52.0 Å². The van der Waals surface area contributed by atoms with Crippen LogP contribution in [-0.4, -0.2) is 34.3 Å². The molecule has 34 heavy (non-hydrogen) atoms. The molecule has 0 atom stereocenters. The molecule has 1 aliphatic rings. The zero-order valence-corrected chi connectivity index (χ0v) is 19.8. The largest absolute Gasteiger partial charge is 0.370 e. The van der Waals surface area contributed by atoms with Crippen LogP contribution in [0.3, 0.4) is 0 Å². The first-order chi connectivity index (χ1) is 16.3. The van der Waals surface area contributed by atoms with E-state index in [-0.39, 0.29) is 24.8 Å². The third kappa shape index (κ3) is 5.39. The average molecular weight is 482 g/mol. The number of nitrogens with zero attached hydrogens (tertiary/aromatic N) is 3. The molecule has 1 aromatic heterocycles. The molecule has 4 rings (SSSR count). The number of aryl methyl sites for hydroxylation is 1. The number of benzene rings is 2. The van der Waals surface area contributed by atoms with Crippen LogP contribution in [-0.2, 0) is 16.1 Å². The van der Waals surface area contributed by atoms with Gasteiger partial charge in [-0.2, -0.15) is 0 Å². The highest BCUT2D eigenvalue weighted by atomic mass is 35.5. The number of aromatic nitrogens is 2. The monoisotopic (exact) mass is 481 g/mol. The van der Waals surface area contributed by atoms with Gasteiger partial charge < -0.3 is 15.2 Å². The van der Waals surface area contributed by atoms with Crippen LogP contribution in [0.1, 0.15) is 48.9 Å². The minimum Gasteiger partial charge on any atom is -0.370 e. The van der Waals surface area contributed by atoms with E-state index in [0.29, 0.717) is 34.4 Å². The van der Waals surface area contributed by atoms with Crippen LogP contribution in [0.5, 0.6) is 0 Å². The van der Waals surface area contributed by atoms with Gasteiger partial charge in [0.15, 0.2) is 0 Å². The zero-order chi connectivity index (χ0) is 24.2. The van der Waals surface area contributed by atoms with E-state index in [0.717, 1.165) is 24.0 Å². The Bertz CT molecular complexity index is 1220. The minimum atomic E-state index is -0.453. The maximum absolute atomic E-state index is 12.8. The highest BCUT2D eigenvalue weighted by molar-refractivity contribution is 6.30. The number of anilines is 2. The number of nitrogens with one attached hydrogen (secondary N) is 1. The van der Waals surface area contributed by atoms with Gasteiger partial charge in [0, 0.05) is 42.7 Å². The third-order valence-electron chi connectivity index (χ3n) is 6.34. The Balaban J connectivity index is 1.60. The van der Waals surface area contributed by atoms with Crippen molar-refractivity contribution in [2.45, 2.75) is 45.1 Å². The number of amides is 3. The van der Waals surface area contributed by atoms with E-state index in [1.54, 1.807) is 40.8 Å². The highest BCUT2D eigenvalue weighted by Crippen LogP contribution is 2.30. The van der Waals surface area contributed by atoms with Gasteiger partial charge in [-0.15, -0.1) is 0 Å². The van der Waals surface area contributed by atoms with Crippen molar-refractivity contribution < 1.29 is 14.4 Å². The van der Waals surface area contributed by atoms with E-state index in [9.17, 15) is 14.4 Å². The van der Waals surface area contributed by atoms with E-state index in [1.807, 2.05) is 18.2 Å². The summed E-state index contributed by atoms with van der Waals surface area (Å²) in [5, 5.41) is 3.35. The summed E-state index contributed by atoms with van der Waals surface area (Å²) in [4.78, 5) is 43.2. The van der Waals surface area contributed by atoms with Gasteiger partial charge in [0.2, 0.25) is 17.8 Å². The summed E-state index contributed by atoms with van der Waals surface area (Å²) in [6.07, 6.45) is 5.25. The number of fused-ring (bicyclic) bond motifs is 1. The van der Waals surface area contributed by atoms with E-state index in [1.165, 1.54) is 12.8 Å². The van der Waals surface area contributed by atoms with Crippen LogP contribution in [0.4, 0.5) is 11.6 Å². The molecule has 2 aromatic carbocycles. The fraction of sp³-hybridized carbons (Fsp3) is 0.360. The van der Waals surface area contributed by atoms with Gasteiger partial charge in [0.05, 0.1) is 11.0 Å². The first-order valence-corrected chi connectivity index (χ1v) is 11.8. The summed E-state index contributed by atoms with van der Waals surface area (Å²) in [6.45, 7) is 0.262.